The van der Waals surface area contributed by atoms with Gasteiger partial charge in [0.25, 0.3) is 0 Å². The van der Waals surface area contributed by atoms with Crippen molar-refractivity contribution < 1.29 is 0 Å². The molecule has 0 amide bonds. The number of benzene rings is 4. The summed E-state index contributed by atoms with van der Waals surface area (Å²) < 4.78 is 1.94. The van der Waals surface area contributed by atoms with Crippen LogP contribution < -0.4 is 0 Å². The number of para-hydroxylation sites is 1. The summed E-state index contributed by atoms with van der Waals surface area (Å²) in [7, 11) is 0. The Morgan fingerprint density at radius 1 is 0.483 bits per heavy atom. The van der Waals surface area contributed by atoms with Gasteiger partial charge in [0.05, 0.1) is 5.52 Å². The van der Waals surface area contributed by atoms with E-state index >= 15 is 0 Å². The molecule has 0 aliphatic carbocycles. The largest absolute Gasteiger partial charge is 0.290 e. The second-order valence-corrected chi connectivity index (χ2v) is 8.26. The van der Waals surface area contributed by atoms with Crippen LogP contribution >= 0.6 is 11.9 Å². The molecule has 0 unspecified atom stereocenters. The molecule has 0 N–H and O–H groups in total. The summed E-state index contributed by atoms with van der Waals surface area (Å²) in [6.45, 7) is 0. The van der Waals surface area contributed by atoms with Crippen LogP contribution in [0.15, 0.2) is 128 Å². The molecule has 1 aromatic heterocycles. The third-order valence-electron chi connectivity index (χ3n) is 5.34. The van der Waals surface area contributed by atoms with Gasteiger partial charge in [0, 0.05) is 11.6 Å². The molecule has 0 atom stereocenters. The van der Waals surface area contributed by atoms with Gasteiger partial charge in [0.15, 0.2) is 0 Å². The first-order chi connectivity index (χ1) is 14.4. The Labute approximate surface area is 175 Å². The van der Waals surface area contributed by atoms with Crippen molar-refractivity contribution in [3.8, 4) is 0 Å². The maximum atomic E-state index is 2.31. The molecule has 0 spiro atoms. The van der Waals surface area contributed by atoms with Crippen LogP contribution in [0, 0.1) is 0 Å². The molecule has 5 rings (SSSR count). The van der Waals surface area contributed by atoms with Crippen molar-refractivity contribution in [3.63, 3.8) is 0 Å². The maximum Gasteiger partial charge on any atom is 0.111 e. The Balaban J connectivity index is 1.80. The van der Waals surface area contributed by atoms with Gasteiger partial charge in [-0.05, 0) is 40.8 Å². The van der Waals surface area contributed by atoms with Crippen LogP contribution in [0.25, 0.3) is 10.9 Å². The lowest BCUT2D eigenvalue weighted by molar-refractivity contribution is 0.888. The molecular formula is C27H21NS. The zero-order valence-corrected chi connectivity index (χ0v) is 16.8. The molecule has 5 aromatic rings. The number of rotatable bonds is 5. The molecule has 0 fully saturated rings. The van der Waals surface area contributed by atoms with Gasteiger partial charge in [-0.3, -0.25) is 3.97 Å². The van der Waals surface area contributed by atoms with E-state index in [1.54, 1.807) is 0 Å². The number of nitrogens with zero attached hydrogens (tertiary/aromatic N) is 1. The Kier molecular flexibility index (Phi) is 4.71. The molecule has 4 aromatic carbocycles. The average molecular weight is 392 g/mol. The van der Waals surface area contributed by atoms with Crippen molar-refractivity contribution in [3.05, 3.63) is 144 Å². The fourth-order valence-electron chi connectivity index (χ4n) is 3.96. The zero-order valence-electron chi connectivity index (χ0n) is 16.0. The zero-order chi connectivity index (χ0) is 19.5. The van der Waals surface area contributed by atoms with Crippen LogP contribution in [0.1, 0.15) is 16.7 Å². The minimum absolute atomic E-state index is 0.369. The van der Waals surface area contributed by atoms with Gasteiger partial charge < -0.3 is 0 Å². The second kappa shape index (κ2) is 7.65. The van der Waals surface area contributed by atoms with Crippen LogP contribution in [-0.4, -0.2) is 3.97 Å². The molecule has 0 saturated carbocycles. The van der Waals surface area contributed by atoms with E-state index in [1.165, 1.54) is 27.6 Å². The second-order valence-electron chi connectivity index (χ2n) is 7.07. The van der Waals surface area contributed by atoms with Gasteiger partial charge in [0.2, 0.25) is 0 Å². The first-order valence-electron chi connectivity index (χ1n) is 9.80. The lowest BCUT2D eigenvalue weighted by atomic mass is 9.84. The summed E-state index contributed by atoms with van der Waals surface area (Å²) in [6, 6.07) is 43.2. The fraction of sp³-hybridized carbons (Fsp3) is 0.0370. The molecule has 0 aliphatic heterocycles. The topological polar surface area (TPSA) is 4.93 Å². The van der Waals surface area contributed by atoms with E-state index in [9.17, 15) is 0 Å². The molecule has 1 nitrogen and oxygen atoms in total. The summed E-state index contributed by atoms with van der Waals surface area (Å²) in [5, 5.41) is 1.25. The number of aromatic nitrogens is 1. The van der Waals surface area contributed by atoms with Gasteiger partial charge in [-0.2, -0.15) is 0 Å². The van der Waals surface area contributed by atoms with Crippen molar-refractivity contribution in [1.29, 1.82) is 0 Å². The Bertz CT molecular complexity index is 1110. The first-order valence-corrected chi connectivity index (χ1v) is 10.6. The number of hydrogen-bond acceptors (Lipinski definition) is 1. The lowest BCUT2D eigenvalue weighted by Crippen LogP contribution is -2.27. The SMILES string of the molecule is c1ccc(C(Sn2ccc3ccccc32)(c2ccccc2)c2ccccc2)cc1. The summed E-state index contributed by atoms with van der Waals surface area (Å²) in [6.07, 6.45) is 2.18. The van der Waals surface area contributed by atoms with E-state index in [0.717, 1.165) is 0 Å². The monoisotopic (exact) mass is 391 g/mol. The molecule has 0 radical (unpaired) electrons. The van der Waals surface area contributed by atoms with Gasteiger partial charge in [-0.1, -0.05) is 109 Å². The Hall–Kier alpha value is -3.23. The van der Waals surface area contributed by atoms with E-state index in [-0.39, 0.29) is 4.75 Å². The van der Waals surface area contributed by atoms with E-state index < -0.39 is 0 Å². The van der Waals surface area contributed by atoms with E-state index in [0.29, 0.717) is 0 Å². The summed E-state index contributed by atoms with van der Waals surface area (Å²) >= 11 is 1.85. The molecule has 1 heterocycles. The molecule has 0 bridgehead atoms. The quantitative estimate of drug-likeness (QED) is 0.288. The Morgan fingerprint density at radius 3 is 1.45 bits per heavy atom. The minimum atomic E-state index is -0.369. The average Bonchev–Trinajstić information content (AvgIpc) is 3.22. The smallest absolute Gasteiger partial charge is 0.111 e. The van der Waals surface area contributed by atoms with Crippen LogP contribution in [0.2, 0.25) is 0 Å². The van der Waals surface area contributed by atoms with Crippen LogP contribution in [-0.2, 0) is 4.75 Å². The third kappa shape index (κ3) is 3.16. The highest BCUT2D eigenvalue weighted by Crippen LogP contribution is 2.49. The van der Waals surface area contributed by atoms with E-state index in [2.05, 4.69) is 131 Å². The van der Waals surface area contributed by atoms with Crippen molar-refractivity contribution in [2.24, 2.45) is 0 Å². The lowest BCUT2D eigenvalue weighted by Gasteiger charge is -2.35. The summed E-state index contributed by atoms with van der Waals surface area (Å²) in [5.41, 5.74) is 5.02. The highest BCUT2D eigenvalue weighted by molar-refractivity contribution is 7.99. The standard InChI is InChI=1S/C27H21NS/c1-4-13-23(14-5-1)27(24-15-6-2-7-16-24,25-17-8-3-9-18-25)29-28-21-20-22-12-10-11-19-26(22)28/h1-21H. The van der Waals surface area contributed by atoms with Crippen molar-refractivity contribution >= 4 is 22.9 Å². The van der Waals surface area contributed by atoms with E-state index in [4.69, 9.17) is 0 Å². The van der Waals surface area contributed by atoms with Crippen molar-refractivity contribution in [2.75, 3.05) is 0 Å². The predicted molar refractivity (Wildman–Crippen MR) is 124 cm³/mol. The number of fused-ring (bicyclic) bond motifs is 1. The predicted octanol–water partition coefficient (Wildman–Crippen LogP) is 7.13. The highest BCUT2D eigenvalue weighted by atomic mass is 32.2. The Morgan fingerprint density at radius 2 is 0.931 bits per heavy atom. The van der Waals surface area contributed by atoms with Crippen LogP contribution in [0.5, 0.6) is 0 Å². The molecular weight excluding hydrogens is 370 g/mol. The molecule has 2 heteroatoms. The first kappa shape index (κ1) is 17.8. The van der Waals surface area contributed by atoms with Crippen LogP contribution in [0.3, 0.4) is 0 Å². The van der Waals surface area contributed by atoms with Crippen LogP contribution in [0.4, 0.5) is 0 Å². The van der Waals surface area contributed by atoms with Crippen molar-refractivity contribution in [1.82, 2.24) is 3.97 Å². The van der Waals surface area contributed by atoms with Gasteiger partial charge in [0.1, 0.15) is 4.75 Å². The third-order valence-corrected chi connectivity index (χ3v) is 6.84. The molecule has 0 saturated heterocycles. The van der Waals surface area contributed by atoms with E-state index in [1.807, 2.05) is 11.9 Å². The van der Waals surface area contributed by atoms with Gasteiger partial charge >= 0.3 is 0 Å². The molecule has 140 valence electrons. The molecule has 0 aliphatic rings. The summed E-state index contributed by atoms with van der Waals surface area (Å²) in [4.78, 5) is 0. The van der Waals surface area contributed by atoms with Gasteiger partial charge in [-0.15, -0.1) is 0 Å². The van der Waals surface area contributed by atoms with Crippen molar-refractivity contribution in [2.45, 2.75) is 4.75 Å². The molecule has 29 heavy (non-hydrogen) atoms. The maximum absolute atomic E-state index is 2.31. The van der Waals surface area contributed by atoms with Gasteiger partial charge in [-0.25, -0.2) is 0 Å². The minimum Gasteiger partial charge on any atom is -0.290 e. The highest BCUT2D eigenvalue weighted by Gasteiger charge is 2.38. The number of hydrogen-bond donors (Lipinski definition) is 0. The normalized spacial score (nSPS) is 11.6. The fourth-order valence-corrected chi connectivity index (χ4v) is 5.37. The summed E-state index contributed by atoms with van der Waals surface area (Å²) in [5.74, 6) is 0.